The lowest BCUT2D eigenvalue weighted by molar-refractivity contribution is 0.0353. The van der Waals surface area contributed by atoms with Crippen molar-refractivity contribution in [1.29, 1.82) is 0 Å². The molecule has 3 fully saturated rings. The van der Waals surface area contributed by atoms with Crippen molar-refractivity contribution in [2.75, 3.05) is 31.6 Å². The lowest BCUT2D eigenvalue weighted by Gasteiger charge is -2.39. The first-order chi connectivity index (χ1) is 16.5. The van der Waals surface area contributed by atoms with Crippen LogP contribution in [0.1, 0.15) is 42.5 Å². The zero-order chi connectivity index (χ0) is 23.4. The average molecular weight is 487 g/mol. The number of halogens is 2. The van der Waals surface area contributed by atoms with Crippen LogP contribution in [0.25, 0.3) is 10.9 Å². The molecule has 10 heteroatoms. The number of alkyl halides is 1. The molecule has 4 atom stereocenters. The summed E-state index contributed by atoms with van der Waals surface area (Å²) in [5.41, 5.74) is 3.44. The van der Waals surface area contributed by atoms with E-state index in [2.05, 4.69) is 15.4 Å². The molecular formula is C24H28ClFN6O2. The van der Waals surface area contributed by atoms with Crippen LogP contribution in [-0.2, 0) is 4.74 Å². The van der Waals surface area contributed by atoms with E-state index in [-0.39, 0.29) is 18.5 Å². The topological polar surface area (TPSA) is 88.3 Å². The zero-order valence-corrected chi connectivity index (χ0v) is 19.7. The molecule has 0 radical (unpaired) electrons. The summed E-state index contributed by atoms with van der Waals surface area (Å²) in [6, 6.07) is 4.08. The molecule has 0 amide bonds. The number of aromatic nitrogens is 4. The fourth-order valence-corrected chi connectivity index (χ4v) is 5.54. The predicted molar refractivity (Wildman–Crippen MR) is 128 cm³/mol. The Hall–Kier alpha value is -2.33. The molecule has 2 aliphatic heterocycles. The Balaban J connectivity index is 1.23. The van der Waals surface area contributed by atoms with Gasteiger partial charge in [0.2, 0.25) is 5.95 Å². The fourth-order valence-electron chi connectivity index (χ4n) is 5.23. The van der Waals surface area contributed by atoms with Crippen LogP contribution in [-0.4, -0.2) is 74.4 Å². The van der Waals surface area contributed by atoms with Gasteiger partial charge in [0.05, 0.1) is 54.5 Å². The zero-order valence-electron chi connectivity index (χ0n) is 19.0. The Morgan fingerprint density at radius 1 is 1.21 bits per heavy atom. The SMILES string of the molecule is Cc1c(Nc2ncc3cc(Cl)c([C@@H]4CCN(C5COC[C@H]5O)C[C@H]4F)cc3n2)cnn1C1CC1. The number of nitrogens with zero attached hydrogens (tertiary/aromatic N) is 5. The number of benzene rings is 1. The van der Waals surface area contributed by atoms with E-state index in [4.69, 9.17) is 21.3 Å². The molecule has 1 saturated carbocycles. The molecule has 3 aliphatic rings. The van der Waals surface area contributed by atoms with Gasteiger partial charge in [-0.25, -0.2) is 14.4 Å². The van der Waals surface area contributed by atoms with Crippen molar-refractivity contribution in [3.8, 4) is 0 Å². The van der Waals surface area contributed by atoms with Gasteiger partial charge in [-0.05, 0) is 50.4 Å². The molecule has 2 saturated heterocycles. The molecule has 0 spiro atoms. The van der Waals surface area contributed by atoms with Crippen LogP contribution >= 0.6 is 11.6 Å². The third-order valence-electron chi connectivity index (χ3n) is 7.34. The number of aliphatic hydroxyl groups excluding tert-OH is 1. The number of rotatable bonds is 5. The van der Waals surface area contributed by atoms with Gasteiger partial charge in [0.15, 0.2) is 0 Å². The van der Waals surface area contributed by atoms with Gasteiger partial charge in [-0.1, -0.05) is 11.6 Å². The average Bonchev–Trinajstić information content (AvgIpc) is 3.47. The predicted octanol–water partition coefficient (Wildman–Crippen LogP) is 3.75. The summed E-state index contributed by atoms with van der Waals surface area (Å²) in [4.78, 5) is 11.1. The number of fused-ring (bicyclic) bond motifs is 1. The van der Waals surface area contributed by atoms with Crippen molar-refractivity contribution in [2.45, 2.75) is 56.5 Å². The van der Waals surface area contributed by atoms with Crippen molar-refractivity contribution in [1.82, 2.24) is 24.6 Å². The fraction of sp³-hybridized carbons (Fsp3) is 0.542. The van der Waals surface area contributed by atoms with E-state index in [0.29, 0.717) is 43.2 Å². The molecule has 1 aromatic carbocycles. The van der Waals surface area contributed by atoms with E-state index in [9.17, 15) is 5.11 Å². The van der Waals surface area contributed by atoms with Crippen LogP contribution in [0.5, 0.6) is 0 Å². The van der Waals surface area contributed by atoms with E-state index in [1.165, 1.54) is 12.8 Å². The molecule has 2 aromatic heterocycles. The molecule has 2 N–H and O–H groups in total. The van der Waals surface area contributed by atoms with E-state index in [1.54, 1.807) is 6.20 Å². The van der Waals surface area contributed by atoms with Crippen LogP contribution in [0.15, 0.2) is 24.5 Å². The highest BCUT2D eigenvalue weighted by atomic mass is 35.5. The number of hydrogen-bond acceptors (Lipinski definition) is 7. The minimum absolute atomic E-state index is 0.139. The smallest absolute Gasteiger partial charge is 0.227 e. The van der Waals surface area contributed by atoms with Crippen LogP contribution in [0.2, 0.25) is 5.02 Å². The van der Waals surface area contributed by atoms with E-state index < -0.39 is 12.3 Å². The quantitative estimate of drug-likeness (QED) is 0.567. The second-order valence-corrected chi connectivity index (χ2v) is 10.1. The van der Waals surface area contributed by atoms with Crippen LogP contribution < -0.4 is 5.32 Å². The maximum absolute atomic E-state index is 15.4. The lowest BCUT2D eigenvalue weighted by atomic mass is 9.86. The summed E-state index contributed by atoms with van der Waals surface area (Å²) in [6.07, 6.45) is 4.84. The highest BCUT2D eigenvalue weighted by Crippen LogP contribution is 2.39. The largest absolute Gasteiger partial charge is 0.389 e. The normalized spacial score (nSPS) is 28.0. The molecule has 8 nitrogen and oxygen atoms in total. The van der Waals surface area contributed by atoms with Gasteiger partial charge >= 0.3 is 0 Å². The Labute approximate surface area is 202 Å². The minimum Gasteiger partial charge on any atom is -0.389 e. The molecular weight excluding hydrogens is 459 g/mol. The second kappa shape index (κ2) is 8.71. The first-order valence-electron chi connectivity index (χ1n) is 11.9. The van der Waals surface area contributed by atoms with Crippen molar-refractivity contribution in [3.63, 3.8) is 0 Å². The maximum atomic E-state index is 15.4. The third kappa shape index (κ3) is 4.04. The molecule has 34 heavy (non-hydrogen) atoms. The molecule has 4 heterocycles. The number of nitrogens with one attached hydrogen (secondary N) is 1. The molecule has 6 rings (SSSR count). The van der Waals surface area contributed by atoms with Crippen LogP contribution in [0, 0.1) is 6.92 Å². The summed E-state index contributed by atoms with van der Waals surface area (Å²) in [7, 11) is 0. The minimum atomic E-state index is -1.09. The summed E-state index contributed by atoms with van der Waals surface area (Å²) >= 11 is 6.59. The Morgan fingerprint density at radius 3 is 2.79 bits per heavy atom. The monoisotopic (exact) mass is 486 g/mol. The van der Waals surface area contributed by atoms with Gasteiger partial charge < -0.3 is 15.2 Å². The van der Waals surface area contributed by atoms with Crippen molar-refractivity contribution in [2.24, 2.45) is 0 Å². The van der Waals surface area contributed by atoms with E-state index in [0.717, 1.165) is 27.8 Å². The van der Waals surface area contributed by atoms with Crippen molar-refractivity contribution in [3.05, 3.63) is 40.8 Å². The summed E-state index contributed by atoms with van der Waals surface area (Å²) in [6.45, 7) is 3.74. The summed E-state index contributed by atoms with van der Waals surface area (Å²) < 4.78 is 22.8. The molecule has 180 valence electrons. The Morgan fingerprint density at radius 2 is 2.06 bits per heavy atom. The molecule has 1 aliphatic carbocycles. The van der Waals surface area contributed by atoms with Crippen LogP contribution in [0.3, 0.4) is 0 Å². The first kappa shape index (κ1) is 22.2. The maximum Gasteiger partial charge on any atom is 0.227 e. The number of hydrogen-bond donors (Lipinski definition) is 2. The second-order valence-electron chi connectivity index (χ2n) is 9.65. The van der Waals surface area contributed by atoms with Crippen LogP contribution in [0.4, 0.5) is 16.0 Å². The lowest BCUT2D eigenvalue weighted by Crippen LogP contribution is -2.50. The van der Waals surface area contributed by atoms with Gasteiger partial charge in [-0.3, -0.25) is 9.58 Å². The summed E-state index contributed by atoms with van der Waals surface area (Å²) in [5, 5.41) is 19.2. The summed E-state index contributed by atoms with van der Waals surface area (Å²) in [5.74, 6) is 0.152. The Bertz CT molecular complexity index is 1220. The Kier molecular flexibility index (Phi) is 5.68. The molecule has 0 bridgehead atoms. The van der Waals surface area contributed by atoms with Gasteiger partial charge in [-0.2, -0.15) is 5.10 Å². The van der Waals surface area contributed by atoms with Gasteiger partial charge in [0.1, 0.15) is 6.17 Å². The van der Waals surface area contributed by atoms with E-state index in [1.807, 2.05) is 34.8 Å². The van der Waals surface area contributed by atoms with Gasteiger partial charge in [-0.15, -0.1) is 0 Å². The first-order valence-corrected chi connectivity index (χ1v) is 12.3. The molecule has 1 unspecified atom stereocenters. The number of likely N-dealkylation sites (tertiary alicyclic amines) is 1. The number of anilines is 2. The van der Waals surface area contributed by atoms with Crippen molar-refractivity contribution >= 4 is 34.1 Å². The molecule has 3 aromatic rings. The van der Waals surface area contributed by atoms with Crippen molar-refractivity contribution < 1.29 is 14.2 Å². The third-order valence-corrected chi connectivity index (χ3v) is 7.67. The number of aliphatic hydroxyl groups is 1. The highest BCUT2D eigenvalue weighted by Gasteiger charge is 2.39. The highest BCUT2D eigenvalue weighted by molar-refractivity contribution is 6.32. The van der Waals surface area contributed by atoms with Gasteiger partial charge in [0.25, 0.3) is 0 Å². The number of ether oxygens (including phenoxy) is 1. The van der Waals surface area contributed by atoms with E-state index >= 15 is 4.39 Å². The van der Waals surface area contributed by atoms with Gasteiger partial charge in [0, 0.05) is 29.1 Å². The standard InChI is InChI=1S/C24H28ClFN6O2/c1-13-21(9-28-32(13)15-2-3-15)30-24-27-8-14-6-18(25)17(7-20(14)29-24)16-4-5-31(10-19(16)26)22-11-34-12-23(22)33/h6-9,15-16,19,22-23,33H,2-5,10-12H2,1H3,(H,27,29,30)/t16-,19+,22?,23+/m0/s1. The number of piperidine rings is 1.